The monoisotopic (exact) mass is 442 g/mol. The van der Waals surface area contributed by atoms with Crippen molar-refractivity contribution in [2.45, 2.75) is 38.5 Å². The molecule has 0 spiro atoms. The second-order valence-corrected chi connectivity index (χ2v) is 9.17. The standard InChI is InChI=1S/C21H26N6O3S/c1-3-4-13-23-31(29,30)25-18(28)10-9-17-19(15-7-8-15)24-26(2)21(17)27-14-11-16-6-5-12-22-20(16)27/h5-6,9-12,14-15,23H,3-4,7-8,13H2,1-2H3,(H,25,28). The van der Waals surface area contributed by atoms with Gasteiger partial charge in [0.05, 0.1) is 5.69 Å². The van der Waals surface area contributed by atoms with Gasteiger partial charge in [0.2, 0.25) is 0 Å². The molecule has 0 bridgehead atoms. The zero-order chi connectivity index (χ0) is 22.0. The third-order valence-corrected chi connectivity index (χ3v) is 6.23. The molecule has 0 aromatic carbocycles. The lowest BCUT2D eigenvalue weighted by molar-refractivity contribution is -0.114. The largest absolute Gasteiger partial charge is 0.301 e. The predicted molar refractivity (Wildman–Crippen MR) is 119 cm³/mol. The lowest BCUT2D eigenvalue weighted by atomic mass is 10.1. The maximum Gasteiger partial charge on any atom is 0.301 e. The van der Waals surface area contributed by atoms with E-state index < -0.39 is 16.1 Å². The summed E-state index contributed by atoms with van der Waals surface area (Å²) in [7, 11) is -2.03. The number of pyridine rings is 1. The van der Waals surface area contributed by atoms with Crippen LogP contribution in [0.5, 0.6) is 0 Å². The molecule has 1 fully saturated rings. The minimum Gasteiger partial charge on any atom is -0.285 e. The molecule has 9 nitrogen and oxygen atoms in total. The Bertz CT molecular complexity index is 1240. The Balaban J connectivity index is 1.64. The molecule has 0 aliphatic heterocycles. The Morgan fingerprint density at radius 2 is 2.13 bits per heavy atom. The number of carbonyl (C=O) groups excluding carboxylic acids is 1. The van der Waals surface area contributed by atoms with E-state index in [1.54, 1.807) is 17.0 Å². The Labute approximate surface area is 181 Å². The first kappa shape index (κ1) is 21.3. The summed E-state index contributed by atoms with van der Waals surface area (Å²) in [5.41, 5.74) is 2.48. The Kier molecular flexibility index (Phi) is 5.92. The average molecular weight is 443 g/mol. The first-order valence-corrected chi connectivity index (χ1v) is 11.9. The van der Waals surface area contributed by atoms with E-state index in [0.717, 1.165) is 47.4 Å². The average Bonchev–Trinajstić information content (AvgIpc) is 3.40. The van der Waals surface area contributed by atoms with Gasteiger partial charge in [-0.1, -0.05) is 13.3 Å². The van der Waals surface area contributed by atoms with Crippen molar-refractivity contribution in [2.75, 3.05) is 6.54 Å². The summed E-state index contributed by atoms with van der Waals surface area (Å²) in [6, 6.07) is 5.84. The summed E-state index contributed by atoms with van der Waals surface area (Å²) in [6.07, 6.45) is 10.2. The van der Waals surface area contributed by atoms with Crippen LogP contribution in [-0.4, -0.2) is 40.2 Å². The van der Waals surface area contributed by atoms with E-state index >= 15 is 0 Å². The van der Waals surface area contributed by atoms with Crippen LogP contribution >= 0.6 is 0 Å². The van der Waals surface area contributed by atoms with Gasteiger partial charge in [0.1, 0.15) is 11.5 Å². The number of hydrogen-bond donors (Lipinski definition) is 2. The van der Waals surface area contributed by atoms with E-state index in [1.165, 1.54) is 6.08 Å². The molecule has 0 radical (unpaired) electrons. The topological polar surface area (TPSA) is 111 Å². The summed E-state index contributed by atoms with van der Waals surface area (Å²) in [5, 5.41) is 5.69. The molecular formula is C21H26N6O3S. The normalized spacial score (nSPS) is 14.5. The predicted octanol–water partition coefficient (Wildman–Crippen LogP) is 2.40. The molecule has 0 saturated heterocycles. The second kappa shape index (κ2) is 8.64. The van der Waals surface area contributed by atoms with Gasteiger partial charge in [-0.05, 0) is 43.5 Å². The summed E-state index contributed by atoms with van der Waals surface area (Å²) in [6.45, 7) is 2.25. The van der Waals surface area contributed by atoms with Crippen LogP contribution in [0.1, 0.15) is 49.8 Å². The highest BCUT2D eigenvalue weighted by Crippen LogP contribution is 2.42. The number of nitrogens with one attached hydrogen (secondary N) is 2. The Morgan fingerprint density at radius 3 is 2.87 bits per heavy atom. The van der Waals surface area contributed by atoms with Gasteiger partial charge >= 0.3 is 10.2 Å². The lowest BCUT2D eigenvalue weighted by Gasteiger charge is -2.08. The van der Waals surface area contributed by atoms with E-state index in [2.05, 4.69) is 9.71 Å². The quantitative estimate of drug-likeness (QED) is 0.390. The molecule has 2 N–H and O–H groups in total. The van der Waals surface area contributed by atoms with Crippen LogP contribution in [0.3, 0.4) is 0 Å². The molecule has 1 aliphatic rings. The molecule has 1 amide bonds. The molecule has 31 heavy (non-hydrogen) atoms. The fraction of sp³-hybridized carbons (Fsp3) is 0.381. The molecule has 3 aromatic rings. The molecule has 1 aliphatic carbocycles. The van der Waals surface area contributed by atoms with Crippen LogP contribution in [0, 0.1) is 0 Å². The van der Waals surface area contributed by atoms with Gasteiger partial charge in [0, 0.05) is 48.9 Å². The molecule has 3 heterocycles. The van der Waals surface area contributed by atoms with E-state index in [-0.39, 0.29) is 6.54 Å². The third kappa shape index (κ3) is 4.70. The first-order chi connectivity index (χ1) is 14.9. The number of rotatable bonds is 9. The van der Waals surface area contributed by atoms with Crippen LogP contribution in [0.15, 0.2) is 36.7 Å². The number of amides is 1. The maximum atomic E-state index is 12.3. The number of aryl methyl sites for hydroxylation is 1. The smallest absolute Gasteiger partial charge is 0.285 e. The molecule has 0 unspecified atom stereocenters. The summed E-state index contributed by atoms with van der Waals surface area (Å²) < 4.78 is 32.1. The van der Waals surface area contributed by atoms with E-state index in [4.69, 9.17) is 5.10 Å². The van der Waals surface area contributed by atoms with Crippen molar-refractivity contribution >= 4 is 33.2 Å². The summed E-state index contributed by atoms with van der Waals surface area (Å²) in [4.78, 5) is 16.8. The lowest BCUT2D eigenvalue weighted by Crippen LogP contribution is -2.39. The molecule has 3 aromatic heterocycles. The first-order valence-electron chi connectivity index (χ1n) is 10.4. The van der Waals surface area contributed by atoms with Crippen LogP contribution in [0.4, 0.5) is 0 Å². The van der Waals surface area contributed by atoms with Crippen molar-refractivity contribution in [3.63, 3.8) is 0 Å². The number of fused-ring (bicyclic) bond motifs is 1. The number of hydrogen-bond acceptors (Lipinski definition) is 5. The SMILES string of the molecule is CCCCNS(=O)(=O)NC(=O)C=Cc1c(C2CC2)nn(C)c1-n1ccc2cccnc21. The van der Waals surface area contributed by atoms with Crippen LogP contribution in [-0.2, 0) is 22.1 Å². The Morgan fingerprint density at radius 1 is 1.32 bits per heavy atom. The fourth-order valence-electron chi connectivity index (χ4n) is 3.54. The highest BCUT2D eigenvalue weighted by molar-refractivity contribution is 7.88. The second-order valence-electron chi connectivity index (χ2n) is 7.67. The van der Waals surface area contributed by atoms with Gasteiger partial charge in [-0.15, -0.1) is 0 Å². The van der Waals surface area contributed by atoms with Gasteiger partial charge in [0.15, 0.2) is 0 Å². The number of aromatic nitrogens is 4. The van der Waals surface area contributed by atoms with Crippen LogP contribution in [0.25, 0.3) is 22.9 Å². The molecule has 4 rings (SSSR count). The van der Waals surface area contributed by atoms with E-state index in [1.807, 2.05) is 47.7 Å². The Hall–Kier alpha value is -2.98. The van der Waals surface area contributed by atoms with Gasteiger partial charge in [0.25, 0.3) is 5.91 Å². The minimum absolute atomic E-state index is 0.287. The summed E-state index contributed by atoms with van der Waals surface area (Å²) in [5.74, 6) is 0.413. The number of unbranched alkanes of at least 4 members (excludes halogenated alkanes) is 1. The third-order valence-electron chi connectivity index (χ3n) is 5.18. The van der Waals surface area contributed by atoms with Crippen molar-refractivity contribution in [3.8, 4) is 5.82 Å². The number of carbonyl (C=O) groups is 1. The van der Waals surface area contributed by atoms with Gasteiger partial charge in [-0.25, -0.2) is 9.71 Å². The van der Waals surface area contributed by atoms with E-state index in [9.17, 15) is 13.2 Å². The van der Waals surface area contributed by atoms with Gasteiger partial charge < -0.3 is 0 Å². The van der Waals surface area contributed by atoms with Gasteiger partial charge in [-0.2, -0.15) is 18.2 Å². The maximum absolute atomic E-state index is 12.3. The van der Waals surface area contributed by atoms with Crippen LogP contribution in [0.2, 0.25) is 0 Å². The van der Waals surface area contributed by atoms with Crippen molar-refractivity contribution in [3.05, 3.63) is 47.9 Å². The zero-order valence-electron chi connectivity index (χ0n) is 17.6. The zero-order valence-corrected chi connectivity index (χ0v) is 18.4. The minimum atomic E-state index is -3.89. The van der Waals surface area contributed by atoms with Crippen molar-refractivity contribution in [1.29, 1.82) is 0 Å². The van der Waals surface area contributed by atoms with Crippen molar-refractivity contribution in [1.82, 2.24) is 28.8 Å². The highest BCUT2D eigenvalue weighted by atomic mass is 32.2. The molecular weight excluding hydrogens is 416 g/mol. The van der Waals surface area contributed by atoms with Crippen molar-refractivity contribution < 1.29 is 13.2 Å². The highest BCUT2D eigenvalue weighted by Gasteiger charge is 2.31. The van der Waals surface area contributed by atoms with E-state index in [0.29, 0.717) is 12.3 Å². The van der Waals surface area contributed by atoms with Crippen LogP contribution < -0.4 is 9.44 Å². The molecule has 10 heteroatoms. The fourth-order valence-corrected chi connectivity index (χ4v) is 4.36. The molecule has 164 valence electrons. The molecule has 1 saturated carbocycles. The van der Waals surface area contributed by atoms with Gasteiger partial charge in [-0.3, -0.25) is 14.0 Å². The molecule has 0 atom stereocenters. The van der Waals surface area contributed by atoms with Crippen molar-refractivity contribution in [2.24, 2.45) is 7.05 Å². The number of nitrogens with zero attached hydrogens (tertiary/aromatic N) is 4. The summed E-state index contributed by atoms with van der Waals surface area (Å²) >= 11 is 0.